The van der Waals surface area contributed by atoms with E-state index in [2.05, 4.69) is 22.5 Å². The Morgan fingerprint density at radius 1 is 1.19 bits per heavy atom. The Morgan fingerprint density at radius 2 is 1.97 bits per heavy atom. The predicted molar refractivity (Wildman–Crippen MR) is 117 cm³/mol. The van der Waals surface area contributed by atoms with E-state index in [1.165, 1.54) is 0 Å². The van der Waals surface area contributed by atoms with Gasteiger partial charge in [-0.25, -0.2) is 0 Å². The van der Waals surface area contributed by atoms with Gasteiger partial charge in [-0.3, -0.25) is 19.5 Å². The first-order chi connectivity index (χ1) is 15.0. The summed E-state index contributed by atoms with van der Waals surface area (Å²) in [5.41, 5.74) is 2.93. The second-order valence-corrected chi connectivity index (χ2v) is 7.46. The van der Waals surface area contributed by atoms with Gasteiger partial charge in [0, 0.05) is 25.8 Å². The van der Waals surface area contributed by atoms with Gasteiger partial charge in [-0.15, -0.1) is 0 Å². The minimum atomic E-state index is -0.530. The van der Waals surface area contributed by atoms with E-state index in [1.54, 1.807) is 14.2 Å². The highest BCUT2D eigenvalue weighted by Crippen LogP contribution is 2.28. The first kappa shape index (κ1) is 22.6. The van der Waals surface area contributed by atoms with Crippen molar-refractivity contribution in [3.63, 3.8) is 0 Å². The SMILES string of the molecule is CCc1ccc(CNC(=O)CC2C(=O)NCCN2Cc2ccc(OC)c(OC)c2)nc1. The van der Waals surface area contributed by atoms with E-state index in [0.717, 1.165) is 23.2 Å². The van der Waals surface area contributed by atoms with Crippen molar-refractivity contribution in [1.29, 1.82) is 0 Å². The van der Waals surface area contributed by atoms with Crippen LogP contribution in [0.5, 0.6) is 11.5 Å². The minimum absolute atomic E-state index is 0.0895. The Balaban J connectivity index is 1.62. The Kier molecular flexibility index (Phi) is 7.83. The van der Waals surface area contributed by atoms with Crippen molar-refractivity contribution >= 4 is 11.8 Å². The van der Waals surface area contributed by atoms with Gasteiger partial charge in [0.05, 0.1) is 38.9 Å². The zero-order chi connectivity index (χ0) is 22.2. The molecule has 1 unspecified atom stereocenters. The van der Waals surface area contributed by atoms with E-state index in [4.69, 9.17) is 9.47 Å². The molecule has 1 aliphatic rings. The van der Waals surface area contributed by atoms with Gasteiger partial charge in [0.2, 0.25) is 11.8 Å². The fourth-order valence-electron chi connectivity index (χ4n) is 3.59. The number of nitrogens with one attached hydrogen (secondary N) is 2. The molecule has 1 aliphatic heterocycles. The van der Waals surface area contributed by atoms with Crippen LogP contribution in [-0.4, -0.2) is 55.0 Å². The van der Waals surface area contributed by atoms with Gasteiger partial charge in [0.25, 0.3) is 0 Å². The molecule has 0 radical (unpaired) electrons. The maximum absolute atomic E-state index is 12.6. The highest BCUT2D eigenvalue weighted by molar-refractivity contribution is 5.88. The number of amides is 2. The fourth-order valence-corrected chi connectivity index (χ4v) is 3.59. The van der Waals surface area contributed by atoms with Crippen LogP contribution < -0.4 is 20.1 Å². The number of carbonyl (C=O) groups excluding carboxylic acids is 2. The number of pyridine rings is 1. The average molecular weight is 427 g/mol. The lowest BCUT2D eigenvalue weighted by molar-refractivity contribution is -0.134. The molecule has 1 saturated heterocycles. The number of piperazine rings is 1. The number of methoxy groups -OCH3 is 2. The van der Waals surface area contributed by atoms with E-state index in [9.17, 15) is 9.59 Å². The molecule has 31 heavy (non-hydrogen) atoms. The molecule has 2 N–H and O–H groups in total. The van der Waals surface area contributed by atoms with Gasteiger partial charge >= 0.3 is 0 Å². The molecule has 2 aromatic rings. The molecule has 2 heterocycles. The Hall–Kier alpha value is -3.13. The van der Waals surface area contributed by atoms with Gasteiger partial charge in [-0.05, 0) is 35.7 Å². The number of nitrogens with zero attached hydrogens (tertiary/aromatic N) is 2. The summed E-state index contributed by atoms with van der Waals surface area (Å²) >= 11 is 0. The molecule has 1 aromatic carbocycles. The highest BCUT2D eigenvalue weighted by atomic mass is 16.5. The van der Waals surface area contributed by atoms with Gasteiger partial charge in [0.15, 0.2) is 11.5 Å². The van der Waals surface area contributed by atoms with Crippen molar-refractivity contribution < 1.29 is 19.1 Å². The molecule has 1 aromatic heterocycles. The van der Waals surface area contributed by atoms with Crippen LogP contribution in [0, 0.1) is 0 Å². The summed E-state index contributed by atoms with van der Waals surface area (Å²) < 4.78 is 10.7. The number of aryl methyl sites for hydroxylation is 1. The maximum atomic E-state index is 12.6. The molecular formula is C23H30N4O4. The average Bonchev–Trinajstić information content (AvgIpc) is 2.80. The quantitative estimate of drug-likeness (QED) is 0.634. The summed E-state index contributed by atoms with van der Waals surface area (Å²) in [5.74, 6) is 0.976. The number of carbonyl (C=O) groups is 2. The van der Waals surface area contributed by atoms with E-state index < -0.39 is 6.04 Å². The van der Waals surface area contributed by atoms with Crippen LogP contribution in [0.15, 0.2) is 36.5 Å². The third kappa shape index (κ3) is 5.95. The Morgan fingerprint density at radius 3 is 2.65 bits per heavy atom. The van der Waals surface area contributed by atoms with Crippen LogP contribution >= 0.6 is 0 Å². The topological polar surface area (TPSA) is 92.8 Å². The molecule has 8 nitrogen and oxygen atoms in total. The Bertz CT molecular complexity index is 901. The molecule has 1 atom stereocenters. The first-order valence-electron chi connectivity index (χ1n) is 10.5. The molecule has 0 spiro atoms. The Labute approximate surface area is 182 Å². The molecule has 0 saturated carbocycles. The van der Waals surface area contributed by atoms with Crippen LogP contribution in [0.4, 0.5) is 0 Å². The van der Waals surface area contributed by atoms with Gasteiger partial charge in [-0.2, -0.15) is 0 Å². The second kappa shape index (κ2) is 10.8. The maximum Gasteiger partial charge on any atom is 0.237 e. The normalized spacial score (nSPS) is 16.5. The summed E-state index contributed by atoms with van der Waals surface area (Å²) in [6, 6.07) is 9.07. The third-order valence-corrected chi connectivity index (χ3v) is 5.41. The van der Waals surface area contributed by atoms with Crippen LogP contribution in [0.3, 0.4) is 0 Å². The zero-order valence-electron chi connectivity index (χ0n) is 18.3. The largest absolute Gasteiger partial charge is 0.493 e. The number of rotatable bonds is 9. The summed E-state index contributed by atoms with van der Waals surface area (Å²) in [6.07, 6.45) is 2.83. The number of hydrogen-bond acceptors (Lipinski definition) is 6. The number of ether oxygens (including phenoxy) is 2. The van der Waals surface area contributed by atoms with Gasteiger partial charge in [-0.1, -0.05) is 19.1 Å². The third-order valence-electron chi connectivity index (χ3n) is 5.41. The van der Waals surface area contributed by atoms with Crippen LogP contribution in [0.1, 0.15) is 30.2 Å². The summed E-state index contributed by atoms with van der Waals surface area (Å²) in [6.45, 7) is 4.16. The summed E-state index contributed by atoms with van der Waals surface area (Å²) in [4.78, 5) is 31.4. The van der Waals surface area contributed by atoms with Gasteiger partial charge in [0.1, 0.15) is 0 Å². The van der Waals surface area contributed by atoms with Crippen LogP contribution in [-0.2, 0) is 29.1 Å². The van der Waals surface area contributed by atoms with E-state index in [0.29, 0.717) is 37.7 Å². The summed E-state index contributed by atoms with van der Waals surface area (Å²) in [7, 11) is 3.18. The molecular weight excluding hydrogens is 396 g/mol. The zero-order valence-corrected chi connectivity index (χ0v) is 18.3. The van der Waals surface area contributed by atoms with Crippen molar-refractivity contribution in [2.45, 2.75) is 38.9 Å². The molecule has 0 aliphatic carbocycles. The molecule has 166 valence electrons. The van der Waals surface area contributed by atoms with Gasteiger partial charge < -0.3 is 20.1 Å². The number of benzene rings is 1. The van der Waals surface area contributed by atoms with E-state index >= 15 is 0 Å². The standard InChI is InChI=1S/C23H30N4O4/c1-4-16-5-7-18(25-13-16)14-26-22(28)12-19-23(29)24-9-10-27(19)15-17-6-8-20(30-2)21(11-17)31-3/h5-8,11,13,19H,4,9-10,12,14-15H2,1-3H3,(H,24,29)(H,26,28). The fraction of sp³-hybridized carbons (Fsp3) is 0.435. The second-order valence-electron chi connectivity index (χ2n) is 7.46. The minimum Gasteiger partial charge on any atom is -0.493 e. The van der Waals surface area contributed by atoms with E-state index in [1.807, 2.05) is 41.4 Å². The molecule has 8 heteroatoms. The van der Waals surface area contributed by atoms with Crippen molar-refractivity contribution in [3.05, 3.63) is 53.3 Å². The summed E-state index contributed by atoms with van der Waals surface area (Å²) in [5, 5.41) is 5.74. The lowest BCUT2D eigenvalue weighted by Crippen LogP contribution is -2.56. The predicted octanol–water partition coefficient (Wildman–Crippen LogP) is 1.67. The first-order valence-corrected chi connectivity index (χ1v) is 10.5. The lowest BCUT2D eigenvalue weighted by Gasteiger charge is -2.34. The molecule has 2 amide bonds. The smallest absolute Gasteiger partial charge is 0.237 e. The lowest BCUT2D eigenvalue weighted by atomic mass is 10.1. The molecule has 0 bridgehead atoms. The highest BCUT2D eigenvalue weighted by Gasteiger charge is 2.31. The molecule has 3 rings (SSSR count). The van der Waals surface area contributed by atoms with Crippen molar-refractivity contribution in [2.24, 2.45) is 0 Å². The number of hydrogen-bond donors (Lipinski definition) is 2. The number of aromatic nitrogens is 1. The van der Waals surface area contributed by atoms with Crippen molar-refractivity contribution in [1.82, 2.24) is 20.5 Å². The monoisotopic (exact) mass is 426 g/mol. The van der Waals surface area contributed by atoms with Crippen LogP contribution in [0.25, 0.3) is 0 Å². The van der Waals surface area contributed by atoms with E-state index in [-0.39, 0.29) is 18.2 Å². The molecule has 1 fully saturated rings. The van der Waals surface area contributed by atoms with Crippen molar-refractivity contribution in [3.8, 4) is 11.5 Å². The van der Waals surface area contributed by atoms with Crippen LogP contribution in [0.2, 0.25) is 0 Å². The van der Waals surface area contributed by atoms with Crippen molar-refractivity contribution in [2.75, 3.05) is 27.3 Å².